The lowest BCUT2D eigenvalue weighted by atomic mass is 10.0. The molecule has 154 valence electrons. The molecule has 1 aliphatic rings. The molecule has 0 unspecified atom stereocenters. The van der Waals surface area contributed by atoms with Crippen molar-refractivity contribution >= 4 is 33.2 Å². The van der Waals surface area contributed by atoms with Crippen molar-refractivity contribution in [3.63, 3.8) is 0 Å². The molecule has 3 aromatic carbocycles. The summed E-state index contributed by atoms with van der Waals surface area (Å²) in [4.78, 5) is 13.0. The van der Waals surface area contributed by atoms with Crippen LogP contribution in [-0.4, -0.2) is 20.9 Å². The van der Waals surface area contributed by atoms with Crippen LogP contribution in [-0.2, 0) is 14.8 Å². The van der Waals surface area contributed by atoms with Gasteiger partial charge in [-0.15, -0.1) is 0 Å². The summed E-state index contributed by atoms with van der Waals surface area (Å²) < 4.78 is 27.7. The van der Waals surface area contributed by atoms with Crippen molar-refractivity contribution in [3.8, 4) is 11.1 Å². The Labute approximate surface area is 181 Å². The first-order chi connectivity index (χ1) is 14.3. The summed E-state index contributed by atoms with van der Waals surface area (Å²) in [5, 5.41) is 3.40. The summed E-state index contributed by atoms with van der Waals surface area (Å²) in [6.07, 6.45) is 0. The predicted octanol–water partition coefficient (Wildman–Crippen LogP) is 4.70. The number of carbonyl (C=O) groups is 1. The van der Waals surface area contributed by atoms with Gasteiger partial charge in [-0.1, -0.05) is 59.6 Å². The molecule has 0 fully saturated rings. The molecule has 0 spiro atoms. The Morgan fingerprint density at radius 1 is 1.03 bits per heavy atom. The van der Waals surface area contributed by atoms with Gasteiger partial charge < -0.3 is 5.32 Å². The van der Waals surface area contributed by atoms with E-state index in [9.17, 15) is 13.2 Å². The van der Waals surface area contributed by atoms with Crippen molar-refractivity contribution in [3.05, 3.63) is 82.9 Å². The molecular formula is C23H21ClN2O3S. The molecule has 1 amide bonds. The standard InChI is InChI=1S/C23H21ClN2O3S/c1-15-7-9-17(10-8-15)16(2)25-23(27)14-26-21-12-11-18(24)13-20(21)19-5-3-4-6-22(19)30(26,28)29/h3-13,16H,14H2,1-2H3,(H,25,27)/t16-/m1/s1. The summed E-state index contributed by atoms with van der Waals surface area (Å²) in [5.74, 6) is -0.382. The largest absolute Gasteiger partial charge is 0.348 e. The van der Waals surface area contributed by atoms with E-state index in [0.717, 1.165) is 15.4 Å². The van der Waals surface area contributed by atoms with E-state index in [0.29, 0.717) is 21.8 Å². The minimum atomic E-state index is -3.88. The first kappa shape index (κ1) is 20.4. The zero-order valence-electron chi connectivity index (χ0n) is 16.6. The topological polar surface area (TPSA) is 66.5 Å². The SMILES string of the molecule is Cc1ccc([C@@H](C)NC(=O)CN2c3ccc(Cl)cc3-c3ccccc3S2(=O)=O)cc1. The fourth-order valence-corrected chi connectivity index (χ4v) is 5.45. The van der Waals surface area contributed by atoms with E-state index < -0.39 is 10.0 Å². The smallest absolute Gasteiger partial charge is 0.265 e. The zero-order chi connectivity index (χ0) is 21.5. The molecule has 4 rings (SSSR count). The molecule has 1 atom stereocenters. The maximum Gasteiger partial charge on any atom is 0.265 e. The number of aryl methyl sites for hydroxylation is 1. The van der Waals surface area contributed by atoms with Gasteiger partial charge in [-0.3, -0.25) is 9.10 Å². The second kappa shape index (κ2) is 7.78. The number of amides is 1. The number of hydrogen-bond donors (Lipinski definition) is 1. The van der Waals surface area contributed by atoms with E-state index in [1.54, 1.807) is 42.5 Å². The van der Waals surface area contributed by atoms with Crippen molar-refractivity contribution < 1.29 is 13.2 Å². The average molecular weight is 441 g/mol. The monoisotopic (exact) mass is 440 g/mol. The van der Waals surface area contributed by atoms with Gasteiger partial charge in [0.15, 0.2) is 0 Å². The van der Waals surface area contributed by atoms with Gasteiger partial charge in [-0.05, 0) is 43.7 Å². The third kappa shape index (κ3) is 3.68. The molecule has 0 radical (unpaired) electrons. The molecule has 0 saturated heterocycles. The van der Waals surface area contributed by atoms with Crippen molar-refractivity contribution in [2.24, 2.45) is 0 Å². The lowest BCUT2D eigenvalue weighted by molar-refractivity contribution is -0.120. The molecule has 1 heterocycles. The number of rotatable bonds is 4. The third-order valence-corrected chi connectivity index (χ3v) is 7.27. The normalized spacial score (nSPS) is 15.1. The van der Waals surface area contributed by atoms with Crippen LogP contribution >= 0.6 is 11.6 Å². The highest BCUT2D eigenvalue weighted by Gasteiger charge is 2.36. The number of anilines is 1. The molecule has 1 aliphatic heterocycles. The highest BCUT2D eigenvalue weighted by Crippen LogP contribution is 2.43. The van der Waals surface area contributed by atoms with Crippen LogP contribution in [0.4, 0.5) is 5.69 Å². The number of halogens is 1. The van der Waals surface area contributed by atoms with Crippen LogP contribution in [0.25, 0.3) is 11.1 Å². The van der Waals surface area contributed by atoms with E-state index in [1.165, 1.54) is 0 Å². The van der Waals surface area contributed by atoms with Gasteiger partial charge in [0.1, 0.15) is 6.54 Å². The van der Waals surface area contributed by atoms with Crippen molar-refractivity contribution in [2.45, 2.75) is 24.8 Å². The molecule has 5 nitrogen and oxygen atoms in total. The summed E-state index contributed by atoms with van der Waals surface area (Å²) in [6, 6.07) is 19.4. The lowest BCUT2D eigenvalue weighted by Crippen LogP contribution is -2.43. The van der Waals surface area contributed by atoms with Crippen LogP contribution < -0.4 is 9.62 Å². The van der Waals surface area contributed by atoms with Gasteiger partial charge in [-0.2, -0.15) is 0 Å². The van der Waals surface area contributed by atoms with Crippen molar-refractivity contribution in [2.75, 3.05) is 10.8 Å². The minimum Gasteiger partial charge on any atom is -0.348 e. The van der Waals surface area contributed by atoms with E-state index in [4.69, 9.17) is 11.6 Å². The van der Waals surface area contributed by atoms with Gasteiger partial charge in [-0.25, -0.2) is 8.42 Å². The van der Waals surface area contributed by atoms with Crippen LogP contribution in [0.15, 0.2) is 71.6 Å². The predicted molar refractivity (Wildman–Crippen MR) is 119 cm³/mol. The Balaban J connectivity index is 1.65. The molecule has 7 heteroatoms. The number of fused-ring (bicyclic) bond motifs is 3. The van der Waals surface area contributed by atoms with Crippen molar-refractivity contribution in [1.82, 2.24) is 5.32 Å². The van der Waals surface area contributed by atoms with Gasteiger partial charge in [0.25, 0.3) is 10.0 Å². The average Bonchev–Trinajstić information content (AvgIpc) is 2.72. The molecule has 3 aromatic rings. The number of hydrogen-bond acceptors (Lipinski definition) is 3. The van der Waals surface area contributed by atoms with Crippen LogP contribution in [0.1, 0.15) is 24.1 Å². The first-order valence-electron chi connectivity index (χ1n) is 9.55. The minimum absolute atomic E-state index is 0.166. The van der Waals surface area contributed by atoms with E-state index >= 15 is 0 Å². The van der Waals surface area contributed by atoms with E-state index in [-0.39, 0.29) is 23.4 Å². The lowest BCUT2D eigenvalue weighted by Gasteiger charge is -2.32. The second-order valence-corrected chi connectivity index (χ2v) is 9.64. The molecule has 0 aromatic heterocycles. The number of nitrogens with zero attached hydrogens (tertiary/aromatic N) is 1. The fourth-order valence-electron chi connectivity index (χ4n) is 3.63. The van der Waals surface area contributed by atoms with Crippen LogP contribution in [0, 0.1) is 6.92 Å². The first-order valence-corrected chi connectivity index (χ1v) is 11.4. The molecular weight excluding hydrogens is 420 g/mol. The number of carbonyl (C=O) groups excluding carboxylic acids is 1. The molecule has 30 heavy (non-hydrogen) atoms. The Kier molecular flexibility index (Phi) is 5.30. The molecule has 0 aliphatic carbocycles. The number of sulfonamides is 1. The summed E-state index contributed by atoms with van der Waals surface area (Å²) in [7, 11) is -3.88. The Morgan fingerprint density at radius 3 is 2.47 bits per heavy atom. The highest BCUT2D eigenvalue weighted by molar-refractivity contribution is 7.93. The highest BCUT2D eigenvalue weighted by atomic mass is 35.5. The number of nitrogens with one attached hydrogen (secondary N) is 1. The molecule has 0 bridgehead atoms. The second-order valence-electron chi connectivity index (χ2n) is 7.37. The maximum absolute atomic E-state index is 13.3. The van der Waals surface area contributed by atoms with E-state index in [2.05, 4.69) is 5.32 Å². The fraction of sp³-hybridized carbons (Fsp3) is 0.174. The molecule has 1 N–H and O–H groups in total. The van der Waals surface area contributed by atoms with Gasteiger partial charge in [0, 0.05) is 16.1 Å². The zero-order valence-corrected chi connectivity index (χ0v) is 18.2. The maximum atomic E-state index is 13.3. The van der Waals surface area contributed by atoms with Gasteiger partial charge in [0.2, 0.25) is 5.91 Å². The Bertz CT molecular complexity index is 1220. The third-order valence-electron chi connectivity index (χ3n) is 5.21. The number of benzene rings is 3. The van der Waals surface area contributed by atoms with Gasteiger partial charge >= 0.3 is 0 Å². The van der Waals surface area contributed by atoms with Crippen LogP contribution in [0.5, 0.6) is 0 Å². The van der Waals surface area contributed by atoms with Crippen molar-refractivity contribution in [1.29, 1.82) is 0 Å². The summed E-state index contributed by atoms with van der Waals surface area (Å²) in [6.45, 7) is 3.55. The summed E-state index contributed by atoms with van der Waals surface area (Å²) >= 11 is 6.17. The Morgan fingerprint density at radius 2 is 1.73 bits per heavy atom. The van der Waals surface area contributed by atoms with Gasteiger partial charge in [0.05, 0.1) is 16.6 Å². The quantitative estimate of drug-likeness (QED) is 0.639. The van der Waals surface area contributed by atoms with E-state index in [1.807, 2.05) is 38.1 Å². The van der Waals surface area contributed by atoms with Crippen LogP contribution in [0.2, 0.25) is 5.02 Å². The molecule has 0 saturated carbocycles. The summed E-state index contributed by atoms with van der Waals surface area (Å²) in [5.41, 5.74) is 3.79. The Hall–Kier alpha value is -2.83. The van der Waals surface area contributed by atoms with Crippen LogP contribution in [0.3, 0.4) is 0 Å².